The number of ether oxygens (including phenoxy) is 2. The zero-order chi connectivity index (χ0) is 13.6. The van der Waals surface area contributed by atoms with E-state index in [1.54, 1.807) is 6.08 Å². The molecule has 0 N–H and O–H groups in total. The molecule has 0 aromatic rings. The topological polar surface area (TPSA) is 52.6 Å². The van der Waals surface area contributed by atoms with Crippen molar-refractivity contribution < 1.29 is 19.1 Å². The minimum Gasteiger partial charge on any atom is -0.462 e. The summed E-state index contributed by atoms with van der Waals surface area (Å²) in [6, 6.07) is 0. The van der Waals surface area contributed by atoms with E-state index in [1.807, 2.05) is 6.92 Å². The molecule has 1 aliphatic carbocycles. The first-order chi connectivity index (χ1) is 9.03. The minimum absolute atomic E-state index is 0.166. The molecule has 0 aromatic carbocycles. The van der Waals surface area contributed by atoms with Gasteiger partial charge in [-0.15, -0.1) is 5.92 Å². The second-order valence-electron chi connectivity index (χ2n) is 5.17. The molecule has 0 radical (unpaired) electrons. The van der Waals surface area contributed by atoms with Crippen LogP contribution in [0.5, 0.6) is 0 Å². The van der Waals surface area contributed by atoms with Gasteiger partial charge >= 0.3 is 11.9 Å². The summed E-state index contributed by atoms with van der Waals surface area (Å²) in [4.78, 5) is 24.4. The van der Waals surface area contributed by atoms with Crippen LogP contribution in [0, 0.1) is 23.2 Å². The first kappa shape index (κ1) is 12.7. The number of cyclic esters (lactones) is 1. The molecule has 0 saturated carbocycles. The number of fused-ring (bicyclic) bond motifs is 1. The van der Waals surface area contributed by atoms with Gasteiger partial charge < -0.3 is 9.47 Å². The second kappa shape index (κ2) is 4.38. The molecule has 4 nitrogen and oxygen atoms in total. The highest BCUT2D eigenvalue weighted by molar-refractivity contribution is 9.11. The molecule has 2 bridgehead atoms. The molecule has 3 aliphatic heterocycles. The lowest BCUT2D eigenvalue weighted by atomic mass is 9.67. The van der Waals surface area contributed by atoms with Crippen molar-refractivity contribution >= 4 is 27.9 Å². The Morgan fingerprint density at radius 2 is 2.21 bits per heavy atom. The molecule has 19 heavy (non-hydrogen) atoms. The van der Waals surface area contributed by atoms with Crippen LogP contribution in [0.4, 0.5) is 0 Å². The molecule has 5 heteroatoms. The molecule has 4 atom stereocenters. The quantitative estimate of drug-likeness (QED) is 0.504. The van der Waals surface area contributed by atoms with E-state index in [2.05, 4.69) is 27.8 Å². The number of carbonyl (C=O) groups is 2. The van der Waals surface area contributed by atoms with Gasteiger partial charge in [-0.05, 0) is 19.4 Å². The Kier molecular flexibility index (Phi) is 2.94. The Balaban J connectivity index is 2.10. The lowest BCUT2D eigenvalue weighted by molar-refractivity contribution is -0.179. The van der Waals surface area contributed by atoms with Crippen molar-refractivity contribution in [1.29, 1.82) is 0 Å². The summed E-state index contributed by atoms with van der Waals surface area (Å²) in [6.45, 7) is 1.85. The highest BCUT2D eigenvalue weighted by Crippen LogP contribution is 2.48. The number of rotatable bonds is 0. The molecule has 0 unspecified atom stereocenters. The maximum Gasteiger partial charge on any atom is 0.329 e. The van der Waals surface area contributed by atoms with Crippen LogP contribution in [-0.4, -0.2) is 24.1 Å². The third-order valence-electron chi connectivity index (χ3n) is 3.83. The van der Waals surface area contributed by atoms with Crippen molar-refractivity contribution in [3.8, 4) is 11.8 Å². The monoisotopic (exact) mass is 324 g/mol. The van der Waals surface area contributed by atoms with Gasteiger partial charge in [0.2, 0.25) is 0 Å². The summed E-state index contributed by atoms with van der Waals surface area (Å²) < 4.78 is 11.5. The van der Waals surface area contributed by atoms with Crippen molar-refractivity contribution in [2.75, 3.05) is 0 Å². The van der Waals surface area contributed by atoms with E-state index < -0.39 is 17.3 Å². The summed E-state index contributed by atoms with van der Waals surface area (Å²) in [5, 5.41) is 0. The molecular formula is C14H13BrO4. The normalized spacial score (nSPS) is 40.5. The number of hydrogen-bond donors (Lipinski definition) is 0. The zero-order valence-electron chi connectivity index (χ0n) is 10.4. The Morgan fingerprint density at radius 3 is 3.00 bits per heavy atom. The molecule has 0 aromatic heterocycles. The summed E-state index contributed by atoms with van der Waals surface area (Å²) in [5.74, 6) is 4.62. The largest absolute Gasteiger partial charge is 0.462 e. The second-order valence-corrected chi connectivity index (χ2v) is 6.08. The van der Waals surface area contributed by atoms with Gasteiger partial charge in [0.05, 0.1) is 12.0 Å². The molecule has 4 rings (SSSR count). The number of hydrogen-bond acceptors (Lipinski definition) is 4. The number of carbonyl (C=O) groups excluding carboxylic acids is 2. The van der Waals surface area contributed by atoms with E-state index >= 15 is 0 Å². The van der Waals surface area contributed by atoms with Crippen LogP contribution in [0.3, 0.4) is 0 Å². The van der Waals surface area contributed by atoms with Gasteiger partial charge in [0.15, 0.2) is 5.41 Å². The lowest BCUT2D eigenvalue weighted by Crippen LogP contribution is -2.53. The van der Waals surface area contributed by atoms with Gasteiger partial charge in [-0.1, -0.05) is 21.9 Å². The first-order valence-corrected chi connectivity index (χ1v) is 7.12. The fraction of sp³-hybridized carbons (Fsp3) is 0.571. The third kappa shape index (κ3) is 1.90. The molecule has 3 heterocycles. The average Bonchev–Trinajstić information content (AvgIpc) is 2.41. The molecule has 1 spiro atoms. The molecule has 0 amide bonds. The Bertz CT molecular complexity index is 541. The van der Waals surface area contributed by atoms with E-state index in [4.69, 9.17) is 9.47 Å². The van der Waals surface area contributed by atoms with Crippen LogP contribution in [0.2, 0.25) is 0 Å². The number of esters is 2. The van der Waals surface area contributed by atoms with Crippen LogP contribution in [0.1, 0.15) is 26.2 Å². The maximum absolute atomic E-state index is 12.3. The summed E-state index contributed by atoms with van der Waals surface area (Å²) in [7, 11) is 0. The summed E-state index contributed by atoms with van der Waals surface area (Å²) >= 11 is 3.39. The van der Waals surface area contributed by atoms with E-state index in [9.17, 15) is 9.59 Å². The smallest absolute Gasteiger partial charge is 0.329 e. The number of halogens is 1. The molecule has 100 valence electrons. The fourth-order valence-corrected chi connectivity index (χ4v) is 3.38. The predicted octanol–water partition coefficient (Wildman–Crippen LogP) is 1.93. The van der Waals surface area contributed by atoms with Gasteiger partial charge in [-0.3, -0.25) is 9.59 Å². The van der Waals surface area contributed by atoms with Crippen LogP contribution >= 0.6 is 15.9 Å². The van der Waals surface area contributed by atoms with Crippen molar-refractivity contribution in [2.24, 2.45) is 11.3 Å². The standard InChI is InChI=1S/C14H13BrO4/c1-8-4-2-3-5-14-7-10(15)11(19-13(14)17)6-9(14)12(16)18-8/h7-9,11H,2,4,6H2,1H3/t8-,9+,11-,14-/m1/s1. The average molecular weight is 325 g/mol. The van der Waals surface area contributed by atoms with E-state index in [1.165, 1.54) is 0 Å². The minimum atomic E-state index is -1.17. The van der Waals surface area contributed by atoms with Crippen molar-refractivity contribution in [3.63, 3.8) is 0 Å². The third-order valence-corrected chi connectivity index (χ3v) is 4.57. The Hall–Kier alpha value is -1.28. The Labute approximate surface area is 119 Å². The Morgan fingerprint density at radius 1 is 1.42 bits per heavy atom. The summed E-state index contributed by atoms with van der Waals surface area (Å²) in [6.07, 6.45) is 2.90. The van der Waals surface area contributed by atoms with Crippen molar-refractivity contribution in [3.05, 3.63) is 10.6 Å². The van der Waals surface area contributed by atoms with E-state index in [-0.39, 0.29) is 18.2 Å². The highest BCUT2D eigenvalue weighted by Gasteiger charge is 2.58. The van der Waals surface area contributed by atoms with E-state index in [0.29, 0.717) is 19.3 Å². The van der Waals surface area contributed by atoms with E-state index in [0.717, 1.165) is 4.48 Å². The van der Waals surface area contributed by atoms with Gasteiger partial charge in [0.1, 0.15) is 6.10 Å². The van der Waals surface area contributed by atoms with Crippen molar-refractivity contribution in [1.82, 2.24) is 0 Å². The van der Waals surface area contributed by atoms with Gasteiger partial charge in [-0.25, -0.2) is 0 Å². The molecule has 4 aliphatic rings. The van der Waals surface area contributed by atoms with Crippen LogP contribution in [0.25, 0.3) is 0 Å². The van der Waals surface area contributed by atoms with Gasteiger partial charge in [0.25, 0.3) is 0 Å². The van der Waals surface area contributed by atoms with Crippen LogP contribution in [-0.2, 0) is 19.1 Å². The van der Waals surface area contributed by atoms with Crippen LogP contribution < -0.4 is 0 Å². The summed E-state index contributed by atoms with van der Waals surface area (Å²) in [5.41, 5.74) is -1.17. The zero-order valence-corrected chi connectivity index (χ0v) is 12.0. The highest BCUT2D eigenvalue weighted by atomic mass is 79.9. The maximum atomic E-state index is 12.3. The SMILES string of the molecule is C[C@@H]1CCC#C[C@@]23C=C(Br)[C@@H](C[C@H]2C(=O)O1)OC3=O. The molecule has 1 saturated heterocycles. The van der Waals surface area contributed by atoms with Gasteiger partial charge in [0, 0.05) is 17.3 Å². The fourth-order valence-electron chi connectivity index (χ4n) is 2.74. The van der Waals surface area contributed by atoms with Crippen LogP contribution in [0.15, 0.2) is 10.6 Å². The molecule has 1 fully saturated rings. The lowest BCUT2D eigenvalue weighted by Gasteiger charge is -2.43. The van der Waals surface area contributed by atoms with Crippen molar-refractivity contribution in [2.45, 2.75) is 38.4 Å². The first-order valence-electron chi connectivity index (χ1n) is 6.33. The molecular weight excluding hydrogens is 312 g/mol. The predicted molar refractivity (Wildman–Crippen MR) is 70.0 cm³/mol. The van der Waals surface area contributed by atoms with Gasteiger partial charge in [-0.2, -0.15) is 0 Å².